The van der Waals surface area contributed by atoms with E-state index in [0.717, 1.165) is 28.1 Å². The Morgan fingerprint density at radius 3 is 2.47 bits per heavy atom. The van der Waals surface area contributed by atoms with Crippen molar-refractivity contribution in [3.63, 3.8) is 0 Å². The maximum absolute atomic E-state index is 6.52. The Morgan fingerprint density at radius 2 is 1.74 bits per heavy atom. The van der Waals surface area contributed by atoms with Crippen LogP contribution in [0, 0.1) is 13.8 Å². The number of fused-ring (bicyclic) bond motifs is 1. The molecule has 0 atom stereocenters. The van der Waals surface area contributed by atoms with Gasteiger partial charge in [-0.1, -0.05) is 6.07 Å². The lowest BCUT2D eigenvalue weighted by Crippen LogP contribution is -2.06. The summed E-state index contributed by atoms with van der Waals surface area (Å²) in [5.74, 6) is 3.73. The first-order chi connectivity index (χ1) is 18.5. The van der Waals surface area contributed by atoms with E-state index in [4.69, 9.17) is 23.9 Å². The number of aryl methyl sites for hydroxylation is 1. The Bertz CT molecular complexity index is 1590. The van der Waals surface area contributed by atoms with Gasteiger partial charge in [-0.25, -0.2) is 15.0 Å². The number of benzene rings is 2. The molecule has 3 heterocycles. The largest absolute Gasteiger partial charge is 0.497 e. The molecule has 0 amide bonds. The predicted molar refractivity (Wildman–Crippen MR) is 144 cm³/mol. The van der Waals surface area contributed by atoms with Crippen LogP contribution in [0.5, 0.6) is 28.9 Å². The average molecular weight is 513 g/mol. The van der Waals surface area contributed by atoms with Crippen molar-refractivity contribution in [2.75, 3.05) is 26.6 Å². The Labute approximate surface area is 220 Å². The number of nitrogens with zero attached hydrogens (tertiary/aromatic N) is 4. The number of ether oxygens (including phenoxy) is 4. The number of pyridine rings is 1. The highest BCUT2D eigenvalue weighted by Crippen LogP contribution is 2.39. The number of methoxy groups -OCH3 is 3. The van der Waals surface area contributed by atoms with Crippen LogP contribution in [-0.4, -0.2) is 46.5 Å². The minimum atomic E-state index is 0.358. The first-order valence-electron chi connectivity index (χ1n) is 11.9. The molecule has 0 bridgehead atoms. The number of hydrogen-bond acceptors (Lipinski definition) is 9. The highest BCUT2D eigenvalue weighted by Gasteiger charge is 2.19. The summed E-state index contributed by atoms with van der Waals surface area (Å²) in [6.45, 7) is 4.38. The zero-order chi connectivity index (χ0) is 26.6. The summed E-state index contributed by atoms with van der Waals surface area (Å²) < 4.78 is 22.9. The van der Waals surface area contributed by atoms with E-state index in [0.29, 0.717) is 52.1 Å². The molecule has 0 aliphatic heterocycles. The summed E-state index contributed by atoms with van der Waals surface area (Å²) in [6.07, 6.45) is 3.19. The van der Waals surface area contributed by atoms with Crippen LogP contribution < -0.4 is 24.3 Å². The van der Waals surface area contributed by atoms with E-state index in [2.05, 4.69) is 25.5 Å². The zero-order valence-corrected chi connectivity index (χ0v) is 21.8. The van der Waals surface area contributed by atoms with Crippen molar-refractivity contribution in [1.82, 2.24) is 25.1 Å². The van der Waals surface area contributed by atoms with Crippen LogP contribution in [0.2, 0.25) is 0 Å². The Kier molecular flexibility index (Phi) is 6.94. The third-order valence-electron chi connectivity index (χ3n) is 6.27. The van der Waals surface area contributed by atoms with Crippen LogP contribution >= 0.6 is 0 Å². The van der Waals surface area contributed by atoms with Crippen molar-refractivity contribution >= 4 is 16.7 Å². The van der Waals surface area contributed by atoms with Gasteiger partial charge in [0.15, 0.2) is 0 Å². The van der Waals surface area contributed by atoms with E-state index in [-0.39, 0.29) is 0 Å². The summed E-state index contributed by atoms with van der Waals surface area (Å²) in [6, 6.07) is 13.3. The monoisotopic (exact) mass is 512 g/mol. The molecule has 10 heteroatoms. The van der Waals surface area contributed by atoms with E-state index < -0.39 is 0 Å². The number of H-pyrrole nitrogens is 1. The fourth-order valence-corrected chi connectivity index (χ4v) is 4.25. The lowest BCUT2D eigenvalue weighted by Gasteiger charge is -2.17. The van der Waals surface area contributed by atoms with Crippen LogP contribution in [-0.2, 0) is 6.54 Å². The topological polar surface area (TPSA) is 116 Å². The fourth-order valence-electron chi connectivity index (χ4n) is 4.25. The Balaban J connectivity index is 1.61. The van der Waals surface area contributed by atoms with Gasteiger partial charge in [-0.05, 0) is 49.7 Å². The maximum atomic E-state index is 6.52. The Morgan fingerprint density at radius 1 is 0.895 bits per heavy atom. The molecule has 3 aromatic heterocycles. The fraction of sp³-hybridized carbons (Fsp3) is 0.214. The molecule has 0 unspecified atom stereocenters. The molecule has 0 aliphatic carbocycles. The van der Waals surface area contributed by atoms with Crippen LogP contribution in [0.25, 0.3) is 22.3 Å². The van der Waals surface area contributed by atoms with Crippen molar-refractivity contribution in [3.05, 3.63) is 71.7 Å². The number of nitrogens with one attached hydrogen (secondary N) is 2. The van der Waals surface area contributed by atoms with Gasteiger partial charge in [-0.2, -0.15) is 5.10 Å². The summed E-state index contributed by atoms with van der Waals surface area (Å²) in [4.78, 5) is 13.9. The summed E-state index contributed by atoms with van der Waals surface area (Å²) >= 11 is 0. The average Bonchev–Trinajstić information content (AvgIpc) is 3.49. The van der Waals surface area contributed by atoms with Gasteiger partial charge in [0.2, 0.25) is 5.88 Å². The molecule has 10 nitrogen and oxygen atoms in total. The van der Waals surface area contributed by atoms with Gasteiger partial charge in [-0.15, -0.1) is 0 Å². The number of rotatable bonds is 9. The van der Waals surface area contributed by atoms with E-state index in [1.807, 2.05) is 56.3 Å². The second-order valence-electron chi connectivity index (χ2n) is 8.57. The standard InChI is InChI=1S/C28H28N6O4/c1-16-6-9-23(36-4)17(2)26(16)38-28-25-22(13-21(33-28)20-10-11-32-34-20)30-15-31-27(25)29-14-18-7-8-19(35-3)12-24(18)37-5/h6-13,15H,14H2,1-5H3,(H,32,34)(H,29,30,31). The normalized spacial score (nSPS) is 10.9. The molecule has 0 saturated carbocycles. The number of aromatic nitrogens is 5. The van der Waals surface area contributed by atoms with E-state index in [1.165, 1.54) is 6.33 Å². The highest BCUT2D eigenvalue weighted by atomic mass is 16.5. The minimum absolute atomic E-state index is 0.358. The molecule has 5 aromatic rings. The van der Waals surface area contributed by atoms with Gasteiger partial charge in [0.25, 0.3) is 0 Å². The highest BCUT2D eigenvalue weighted by molar-refractivity contribution is 5.95. The molecule has 0 aliphatic rings. The van der Waals surface area contributed by atoms with Crippen molar-refractivity contribution in [2.45, 2.75) is 20.4 Å². The number of hydrogen-bond donors (Lipinski definition) is 2. The molecule has 5 rings (SSSR count). The number of aromatic amines is 1. The molecule has 0 fully saturated rings. The third-order valence-corrected chi connectivity index (χ3v) is 6.27. The van der Waals surface area contributed by atoms with Gasteiger partial charge in [0, 0.05) is 29.9 Å². The van der Waals surface area contributed by atoms with E-state index >= 15 is 0 Å². The molecule has 38 heavy (non-hydrogen) atoms. The first-order valence-corrected chi connectivity index (χ1v) is 11.9. The van der Waals surface area contributed by atoms with Gasteiger partial charge < -0.3 is 24.3 Å². The second-order valence-corrected chi connectivity index (χ2v) is 8.57. The van der Waals surface area contributed by atoms with E-state index in [9.17, 15) is 0 Å². The molecule has 0 spiro atoms. The first kappa shape index (κ1) is 24.8. The molecule has 0 radical (unpaired) electrons. The van der Waals surface area contributed by atoms with Gasteiger partial charge in [-0.3, -0.25) is 5.10 Å². The van der Waals surface area contributed by atoms with Crippen LogP contribution in [0.1, 0.15) is 16.7 Å². The lowest BCUT2D eigenvalue weighted by molar-refractivity contribution is 0.391. The Hall–Kier alpha value is -4.86. The van der Waals surface area contributed by atoms with E-state index in [1.54, 1.807) is 27.5 Å². The van der Waals surface area contributed by atoms with Crippen LogP contribution in [0.4, 0.5) is 5.82 Å². The SMILES string of the molecule is COc1ccc(CNc2ncnc3cc(-c4ccn[nH]4)nc(Oc4c(C)ccc(OC)c4C)c23)c(OC)c1. The van der Waals surface area contributed by atoms with Gasteiger partial charge in [0.05, 0.1) is 38.2 Å². The summed E-state index contributed by atoms with van der Waals surface area (Å²) in [7, 11) is 4.89. The van der Waals surface area contributed by atoms with Crippen LogP contribution in [0.3, 0.4) is 0 Å². The number of anilines is 1. The van der Waals surface area contributed by atoms with Gasteiger partial charge >= 0.3 is 0 Å². The van der Waals surface area contributed by atoms with Crippen molar-refractivity contribution in [2.24, 2.45) is 0 Å². The third kappa shape index (κ3) is 4.75. The quantitative estimate of drug-likeness (QED) is 0.265. The van der Waals surface area contributed by atoms with Crippen LogP contribution in [0.15, 0.2) is 55.0 Å². The van der Waals surface area contributed by atoms with Crippen molar-refractivity contribution in [1.29, 1.82) is 0 Å². The lowest BCUT2D eigenvalue weighted by atomic mass is 10.1. The summed E-state index contributed by atoms with van der Waals surface area (Å²) in [5.41, 5.74) is 4.79. The summed E-state index contributed by atoms with van der Waals surface area (Å²) in [5, 5.41) is 11.1. The van der Waals surface area contributed by atoms with Crippen molar-refractivity contribution in [3.8, 4) is 40.3 Å². The molecule has 0 saturated heterocycles. The molecule has 2 N–H and O–H groups in total. The molecule has 194 valence electrons. The zero-order valence-electron chi connectivity index (χ0n) is 21.8. The molecular weight excluding hydrogens is 484 g/mol. The maximum Gasteiger partial charge on any atom is 0.233 e. The van der Waals surface area contributed by atoms with Crippen molar-refractivity contribution < 1.29 is 18.9 Å². The predicted octanol–water partition coefficient (Wildman–Crippen LogP) is 5.46. The van der Waals surface area contributed by atoms with Gasteiger partial charge in [0.1, 0.15) is 40.5 Å². The molecule has 2 aromatic carbocycles. The molecular formula is C28H28N6O4. The second kappa shape index (κ2) is 10.6. The smallest absolute Gasteiger partial charge is 0.233 e. The minimum Gasteiger partial charge on any atom is -0.497 e.